The van der Waals surface area contributed by atoms with Crippen molar-refractivity contribution in [2.24, 2.45) is 0 Å². The van der Waals surface area contributed by atoms with Gasteiger partial charge in [0.25, 0.3) is 10.0 Å². The largest absolute Gasteiger partial charge is 0.494 e. The highest BCUT2D eigenvalue weighted by atomic mass is 35.5. The van der Waals surface area contributed by atoms with Crippen molar-refractivity contribution in [3.05, 3.63) is 82.3 Å². The molecule has 1 aliphatic rings. The van der Waals surface area contributed by atoms with Gasteiger partial charge >= 0.3 is 0 Å². The van der Waals surface area contributed by atoms with Gasteiger partial charge in [-0.15, -0.1) is 11.8 Å². The summed E-state index contributed by atoms with van der Waals surface area (Å²) in [6.45, 7) is 3.27. The molecule has 0 radical (unpaired) electrons. The molecule has 0 bridgehead atoms. The number of ether oxygens (including phenoxy) is 1. The van der Waals surface area contributed by atoms with Crippen molar-refractivity contribution in [1.82, 2.24) is 10.2 Å². The summed E-state index contributed by atoms with van der Waals surface area (Å²) < 4.78 is 34.8. The number of nitrogens with one attached hydrogen (secondary N) is 1. The maximum absolute atomic E-state index is 14.2. The molecule has 1 unspecified atom stereocenters. The summed E-state index contributed by atoms with van der Waals surface area (Å²) in [4.78, 5) is 29.9. The Labute approximate surface area is 274 Å². The number of halogens is 2. The third-order valence-electron chi connectivity index (χ3n) is 7.62. The van der Waals surface area contributed by atoms with Crippen LogP contribution in [0, 0.1) is 0 Å². The number of amides is 2. The molecular formula is C32H37Cl2N3O5S2. The van der Waals surface area contributed by atoms with E-state index in [1.807, 2.05) is 13.2 Å². The highest BCUT2D eigenvalue weighted by molar-refractivity contribution is 7.98. The Balaban J connectivity index is 1.72. The van der Waals surface area contributed by atoms with Crippen LogP contribution < -0.4 is 14.4 Å². The smallest absolute Gasteiger partial charge is 0.264 e. The lowest BCUT2D eigenvalue weighted by Crippen LogP contribution is -2.52. The van der Waals surface area contributed by atoms with E-state index in [9.17, 15) is 18.0 Å². The first kappa shape index (κ1) is 34.0. The normalized spacial score (nSPS) is 14.2. The number of anilines is 1. The van der Waals surface area contributed by atoms with Gasteiger partial charge in [0, 0.05) is 33.1 Å². The third kappa shape index (κ3) is 8.21. The van der Waals surface area contributed by atoms with Crippen LogP contribution in [0.4, 0.5) is 5.69 Å². The predicted molar refractivity (Wildman–Crippen MR) is 177 cm³/mol. The molecule has 12 heteroatoms. The van der Waals surface area contributed by atoms with Crippen LogP contribution in [0.15, 0.2) is 76.5 Å². The summed E-state index contributed by atoms with van der Waals surface area (Å²) in [7, 11) is -4.20. The number of hydrogen-bond donors (Lipinski definition) is 1. The van der Waals surface area contributed by atoms with E-state index in [1.54, 1.807) is 61.5 Å². The Kier molecular flexibility index (Phi) is 11.9. The Morgan fingerprint density at radius 3 is 2.18 bits per heavy atom. The predicted octanol–water partition coefficient (Wildman–Crippen LogP) is 6.79. The number of benzene rings is 3. The lowest BCUT2D eigenvalue weighted by atomic mass is 10.1. The molecule has 0 heterocycles. The second kappa shape index (κ2) is 15.4. The fraction of sp³-hybridized carbons (Fsp3) is 0.375. The molecule has 1 fully saturated rings. The number of carbonyl (C=O) groups excluding carboxylic acids is 2. The zero-order valence-electron chi connectivity index (χ0n) is 25.0. The van der Waals surface area contributed by atoms with Crippen molar-refractivity contribution >= 4 is 62.5 Å². The standard InChI is InChI=1S/C32H37Cl2N3O5S2/c1-4-42-25-14-12-24(13-15-25)37(44(40,41)27-18-16-26(43-3)17-19-27)21-31(38)36(20-28-29(33)10-7-11-30(28)34)22(2)32(39)35-23-8-5-6-9-23/h7,10-19,22-23H,4-6,8-9,20-21H2,1-3H3,(H,35,39). The number of nitrogens with zero attached hydrogens (tertiary/aromatic N) is 2. The van der Waals surface area contributed by atoms with Gasteiger partial charge in [0.05, 0.1) is 17.2 Å². The van der Waals surface area contributed by atoms with Crippen LogP contribution in [0.3, 0.4) is 0 Å². The Morgan fingerprint density at radius 1 is 1.00 bits per heavy atom. The molecular weight excluding hydrogens is 641 g/mol. The monoisotopic (exact) mass is 677 g/mol. The van der Waals surface area contributed by atoms with Crippen molar-refractivity contribution in [2.75, 3.05) is 23.7 Å². The molecule has 44 heavy (non-hydrogen) atoms. The average molecular weight is 679 g/mol. The van der Waals surface area contributed by atoms with Crippen LogP contribution in [-0.2, 0) is 26.2 Å². The lowest BCUT2D eigenvalue weighted by molar-refractivity contribution is -0.139. The summed E-state index contributed by atoms with van der Waals surface area (Å²) in [5, 5.41) is 3.73. The van der Waals surface area contributed by atoms with E-state index in [0.717, 1.165) is 34.9 Å². The third-order valence-corrected chi connectivity index (χ3v) is 10.9. The van der Waals surface area contributed by atoms with E-state index in [0.29, 0.717) is 28.0 Å². The molecule has 0 spiro atoms. The number of carbonyl (C=O) groups is 2. The number of hydrogen-bond acceptors (Lipinski definition) is 6. The summed E-state index contributed by atoms with van der Waals surface area (Å²) in [5.41, 5.74) is 0.738. The molecule has 1 saturated carbocycles. The van der Waals surface area contributed by atoms with Crippen LogP contribution in [0.2, 0.25) is 10.0 Å². The minimum Gasteiger partial charge on any atom is -0.494 e. The molecule has 0 aromatic heterocycles. The SMILES string of the molecule is CCOc1ccc(N(CC(=O)N(Cc2c(Cl)cccc2Cl)C(C)C(=O)NC2CCCC2)S(=O)(=O)c2ccc(SC)cc2)cc1. The maximum Gasteiger partial charge on any atom is 0.264 e. The maximum atomic E-state index is 14.2. The van der Waals surface area contributed by atoms with E-state index in [1.165, 1.54) is 28.8 Å². The van der Waals surface area contributed by atoms with Gasteiger partial charge in [0.2, 0.25) is 11.8 Å². The Bertz CT molecular complexity index is 1530. The number of thioether (sulfide) groups is 1. The van der Waals surface area contributed by atoms with Crippen LogP contribution >= 0.6 is 35.0 Å². The van der Waals surface area contributed by atoms with Crippen molar-refractivity contribution in [2.45, 2.75) is 68.0 Å². The van der Waals surface area contributed by atoms with Crippen molar-refractivity contribution in [1.29, 1.82) is 0 Å². The highest BCUT2D eigenvalue weighted by Crippen LogP contribution is 2.30. The van der Waals surface area contributed by atoms with Crippen molar-refractivity contribution in [3.8, 4) is 5.75 Å². The van der Waals surface area contributed by atoms with Gasteiger partial charge in [-0.3, -0.25) is 13.9 Å². The Morgan fingerprint density at radius 2 is 1.61 bits per heavy atom. The lowest BCUT2D eigenvalue weighted by Gasteiger charge is -2.33. The van der Waals surface area contributed by atoms with Gasteiger partial charge in [-0.25, -0.2) is 8.42 Å². The molecule has 8 nitrogen and oxygen atoms in total. The molecule has 4 rings (SSSR count). The van der Waals surface area contributed by atoms with Gasteiger partial charge in [-0.1, -0.05) is 42.1 Å². The summed E-state index contributed by atoms with van der Waals surface area (Å²) >= 11 is 14.4. The summed E-state index contributed by atoms with van der Waals surface area (Å²) in [6.07, 6.45) is 5.72. The first-order chi connectivity index (χ1) is 21.0. The first-order valence-electron chi connectivity index (χ1n) is 14.5. The average Bonchev–Trinajstić information content (AvgIpc) is 3.53. The van der Waals surface area contributed by atoms with Crippen molar-refractivity contribution in [3.63, 3.8) is 0 Å². The fourth-order valence-electron chi connectivity index (χ4n) is 5.11. The second-order valence-corrected chi connectivity index (χ2v) is 14.1. The minimum atomic E-state index is -4.20. The quantitative estimate of drug-likeness (QED) is 0.200. The minimum absolute atomic E-state index is 0.0321. The molecule has 0 aliphatic heterocycles. The molecule has 3 aromatic rings. The van der Waals surface area contributed by atoms with Crippen LogP contribution in [0.1, 0.15) is 45.1 Å². The van der Waals surface area contributed by atoms with E-state index >= 15 is 0 Å². The van der Waals surface area contributed by atoms with Gasteiger partial charge in [-0.2, -0.15) is 0 Å². The highest BCUT2D eigenvalue weighted by Gasteiger charge is 2.34. The molecule has 1 atom stereocenters. The van der Waals surface area contributed by atoms with Crippen LogP contribution in [0.25, 0.3) is 0 Å². The van der Waals surface area contributed by atoms with E-state index < -0.39 is 28.5 Å². The summed E-state index contributed by atoms with van der Waals surface area (Å²) in [5.74, 6) is -0.346. The zero-order chi connectivity index (χ0) is 31.9. The molecule has 3 aromatic carbocycles. The molecule has 0 saturated heterocycles. The van der Waals surface area contributed by atoms with Gasteiger partial charge < -0.3 is 15.0 Å². The number of rotatable bonds is 13. The second-order valence-electron chi connectivity index (χ2n) is 10.5. The molecule has 236 valence electrons. The molecule has 1 N–H and O–H groups in total. The topological polar surface area (TPSA) is 96.0 Å². The Hall–Kier alpha value is -2.92. The molecule has 2 amide bonds. The first-order valence-corrected chi connectivity index (χ1v) is 17.9. The number of sulfonamides is 1. The van der Waals surface area contributed by atoms with Crippen molar-refractivity contribution < 1.29 is 22.7 Å². The van der Waals surface area contributed by atoms with Gasteiger partial charge in [0.15, 0.2) is 0 Å². The van der Waals surface area contributed by atoms with Crippen LogP contribution in [0.5, 0.6) is 5.75 Å². The van der Waals surface area contributed by atoms with Gasteiger partial charge in [0.1, 0.15) is 18.3 Å². The van der Waals surface area contributed by atoms with E-state index in [2.05, 4.69) is 5.32 Å². The fourth-order valence-corrected chi connectivity index (χ4v) is 7.45. The zero-order valence-corrected chi connectivity index (χ0v) is 28.1. The van der Waals surface area contributed by atoms with E-state index in [-0.39, 0.29) is 29.1 Å². The summed E-state index contributed by atoms with van der Waals surface area (Å²) in [6, 6.07) is 17.1. The van der Waals surface area contributed by atoms with E-state index in [4.69, 9.17) is 27.9 Å². The molecule has 1 aliphatic carbocycles. The van der Waals surface area contributed by atoms with Gasteiger partial charge in [-0.05, 0) is 93.6 Å². The van der Waals surface area contributed by atoms with Crippen LogP contribution in [-0.4, -0.2) is 56.6 Å².